The highest BCUT2D eigenvalue weighted by molar-refractivity contribution is 7.74. The van der Waals surface area contributed by atoms with Crippen LogP contribution in [0.4, 0.5) is 0 Å². The Morgan fingerprint density at radius 1 is 0.356 bits per heavy atom. The van der Waals surface area contributed by atoms with Crippen molar-refractivity contribution in [2.75, 3.05) is 18.5 Å². The molecule has 0 N–H and O–H groups in total. The first-order valence-corrected chi connectivity index (χ1v) is 20.1. The Hall–Kier alpha value is -3.65. The van der Waals surface area contributed by atoms with E-state index in [1.807, 2.05) is 0 Å². The zero-order valence-electron chi connectivity index (χ0n) is 25.6. The standard InChI is InChI=1S/C42H39P3/c1-35(32-43(37-20-8-2-9-21-37)38-22-10-3-11-23-38)36(33-44(39-24-12-4-13-25-39)40-26-14-5-15-27-40)34-45(41-28-16-6-17-29-41)42-30-18-7-19-31-42/h2-31,36H,1,32-34H2. The highest BCUT2D eigenvalue weighted by atomic mass is 31.1. The molecule has 0 heterocycles. The molecule has 6 aromatic rings. The Bertz CT molecular complexity index is 1520. The highest BCUT2D eigenvalue weighted by Crippen LogP contribution is 2.46. The van der Waals surface area contributed by atoms with Crippen molar-refractivity contribution in [3.05, 3.63) is 194 Å². The average molecular weight is 637 g/mol. The molecule has 0 amide bonds. The van der Waals surface area contributed by atoms with Crippen LogP contribution in [0.3, 0.4) is 0 Å². The largest absolute Gasteiger partial charge is 0.0992 e. The van der Waals surface area contributed by atoms with Gasteiger partial charge in [-0.05, 0) is 80.0 Å². The van der Waals surface area contributed by atoms with Crippen molar-refractivity contribution in [3.8, 4) is 0 Å². The van der Waals surface area contributed by atoms with Gasteiger partial charge in [0.15, 0.2) is 0 Å². The van der Waals surface area contributed by atoms with Gasteiger partial charge in [-0.3, -0.25) is 0 Å². The second kappa shape index (κ2) is 16.1. The lowest BCUT2D eigenvalue weighted by molar-refractivity contribution is 0.797. The van der Waals surface area contributed by atoms with Crippen molar-refractivity contribution in [3.63, 3.8) is 0 Å². The van der Waals surface area contributed by atoms with E-state index in [0.717, 1.165) is 18.5 Å². The normalized spacial score (nSPS) is 11.4. The number of allylic oxidation sites excluding steroid dienone is 1. The summed E-state index contributed by atoms with van der Waals surface area (Å²) in [4.78, 5) is 0. The topological polar surface area (TPSA) is 0 Å². The molecular formula is C42H39P3. The van der Waals surface area contributed by atoms with Crippen molar-refractivity contribution < 1.29 is 0 Å². The number of hydrogen-bond donors (Lipinski definition) is 0. The van der Waals surface area contributed by atoms with Gasteiger partial charge in [0.05, 0.1) is 0 Å². The van der Waals surface area contributed by atoms with E-state index in [0.29, 0.717) is 5.92 Å². The lowest BCUT2D eigenvalue weighted by Gasteiger charge is -2.32. The van der Waals surface area contributed by atoms with Gasteiger partial charge in [0.25, 0.3) is 0 Å². The number of benzene rings is 6. The molecule has 6 rings (SSSR count). The fourth-order valence-electron chi connectivity index (χ4n) is 5.79. The van der Waals surface area contributed by atoms with E-state index >= 15 is 0 Å². The Morgan fingerprint density at radius 2 is 0.578 bits per heavy atom. The maximum absolute atomic E-state index is 4.96. The molecule has 0 saturated carbocycles. The lowest BCUT2D eigenvalue weighted by Crippen LogP contribution is -2.26. The van der Waals surface area contributed by atoms with Crippen LogP contribution in [0.5, 0.6) is 0 Å². The summed E-state index contributed by atoms with van der Waals surface area (Å²) >= 11 is 0. The average Bonchev–Trinajstić information content (AvgIpc) is 3.13. The van der Waals surface area contributed by atoms with Crippen LogP contribution in [0.2, 0.25) is 0 Å². The van der Waals surface area contributed by atoms with E-state index in [4.69, 9.17) is 6.58 Å². The van der Waals surface area contributed by atoms with Crippen LogP contribution in [0.25, 0.3) is 0 Å². The third kappa shape index (κ3) is 8.34. The van der Waals surface area contributed by atoms with Crippen LogP contribution in [-0.4, -0.2) is 18.5 Å². The lowest BCUT2D eigenvalue weighted by atomic mass is 10.1. The predicted octanol–water partition coefficient (Wildman–Crippen LogP) is 8.56. The van der Waals surface area contributed by atoms with Crippen LogP contribution < -0.4 is 31.8 Å². The molecular weight excluding hydrogens is 597 g/mol. The molecule has 6 aromatic carbocycles. The molecule has 0 aliphatic rings. The first kappa shape index (κ1) is 31.3. The van der Waals surface area contributed by atoms with Gasteiger partial charge < -0.3 is 0 Å². The van der Waals surface area contributed by atoms with Crippen molar-refractivity contribution in [2.45, 2.75) is 0 Å². The van der Waals surface area contributed by atoms with Gasteiger partial charge in [0.2, 0.25) is 0 Å². The van der Waals surface area contributed by atoms with Crippen molar-refractivity contribution in [2.24, 2.45) is 5.92 Å². The van der Waals surface area contributed by atoms with Crippen LogP contribution in [0.1, 0.15) is 0 Å². The minimum atomic E-state index is -0.575. The summed E-state index contributed by atoms with van der Waals surface area (Å²) in [5.74, 6) is 0.362. The van der Waals surface area contributed by atoms with Gasteiger partial charge >= 0.3 is 0 Å². The van der Waals surface area contributed by atoms with Gasteiger partial charge in [0, 0.05) is 0 Å². The quantitative estimate of drug-likeness (QED) is 0.0881. The Labute approximate surface area is 273 Å². The summed E-state index contributed by atoms with van der Waals surface area (Å²) < 4.78 is 0. The fraction of sp³-hybridized carbons (Fsp3) is 0.0952. The molecule has 0 spiro atoms. The van der Waals surface area contributed by atoms with Crippen molar-refractivity contribution >= 4 is 55.6 Å². The summed E-state index contributed by atoms with van der Waals surface area (Å²) in [5, 5.41) is 8.59. The molecule has 0 atom stereocenters. The second-order valence-electron chi connectivity index (χ2n) is 11.2. The molecule has 0 aliphatic heterocycles. The summed E-state index contributed by atoms with van der Waals surface area (Å²) in [6.45, 7) is 4.96. The molecule has 0 bridgehead atoms. The van der Waals surface area contributed by atoms with Crippen LogP contribution in [0, 0.1) is 5.92 Å². The monoisotopic (exact) mass is 636 g/mol. The predicted molar refractivity (Wildman–Crippen MR) is 204 cm³/mol. The molecule has 0 aliphatic carbocycles. The maximum atomic E-state index is 4.96. The zero-order valence-corrected chi connectivity index (χ0v) is 28.3. The Morgan fingerprint density at radius 3 is 0.822 bits per heavy atom. The van der Waals surface area contributed by atoms with Gasteiger partial charge in [-0.15, -0.1) is 0 Å². The molecule has 0 saturated heterocycles. The van der Waals surface area contributed by atoms with E-state index in [-0.39, 0.29) is 0 Å². The SMILES string of the molecule is C=C(CP(c1ccccc1)c1ccccc1)C(CP(c1ccccc1)c1ccccc1)CP(c1ccccc1)c1ccccc1. The van der Waals surface area contributed by atoms with Crippen molar-refractivity contribution in [1.29, 1.82) is 0 Å². The summed E-state index contributed by atoms with van der Waals surface area (Å²) in [6.07, 6.45) is 3.18. The molecule has 0 unspecified atom stereocenters. The minimum absolute atomic E-state index is 0.362. The van der Waals surface area contributed by atoms with E-state index in [9.17, 15) is 0 Å². The number of rotatable bonds is 13. The van der Waals surface area contributed by atoms with E-state index in [1.165, 1.54) is 37.4 Å². The van der Waals surface area contributed by atoms with Crippen LogP contribution >= 0.6 is 23.8 Å². The van der Waals surface area contributed by atoms with Gasteiger partial charge in [-0.25, -0.2) is 0 Å². The van der Waals surface area contributed by atoms with Gasteiger partial charge in [-0.2, -0.15) is 0 Å². The van der Waals surface area contributed by atoms with E-state index < -0.39 is 23.8 Å². The maximum Gasteiger partial charge on any atom is -0.00335 e. The smallest absolute Gasteiger partial charge is 0.00335 e. The second-order valence-corrected chi connectivity index (χ2v) is 17.9. The fourth-order valence-corrected chi connectivity index (χ4v) is 13.6. The van der Waals surface area contributed by atoms with Crippen LogP contribution in [-0.2, 0) is 0 Å². The molecule has 0 aromatic heterocycles. The molecule has 0 nitrogen and oxygen atoms in total. The van der Waals surface area contributed by atoms with Gasteiger partial charge in [-0.1, -0.05) is 194 Å². The Kier molecular flexibility index (Phi) is 11.2. The molecule has 45 heavy (non-hydrogen) atoms. The first-order chi connectivity index (χ1) is 22.3. The molecule has 0 fully saturated rings. The Balaban J connectivity index is 1.41. The summed E-state index contributed by atoms with van der Waals surface area (Å²) in [5.41, 5.74) is 1.38. The first-order valence-electron chi connectivity index (χ1n) is 15.6. The van der Waals surface area contributed by atoms with E-state index in [2.05, 4.69) is 182 Å². The zero-order chi connectivity index (χ0) is 30.7. The minimum Gasteiger partial charge on any atom is -0.0992 e. The van der Waals surface area contributed by atoms with Crippen molar-refractivity contribution in [1.82, 2.24) is 0 Å². The molecule has 3 heteroatoms. The van der Waals surface area contributed by atoms with Crippen LogP contribution in [0.15, 0.2) is 194 Å². The third-order valence-electron chi connectivity index (χ3n) is 8.15. The van der Waals surface area contributed by atoms with Gasteiger partial charge in [0.1, 0.15) is 0 Å². The number of hydrogen-bond acceptors (Lipinski definition) is 0. The summed E-state index contributed by atoms with van der Waals surface area (Å²) in [7, 11) is -1.71. The summed E-state index contributed by atoms with van der Waals surface area (Å²) in [6, 6.07) is 67.0. The third-order valence-corrected chi connectivity index (χ3v) is 16.0. The molecule has 0 radical (unpaired) electrons. The molecule has 222 valence electrons. The van der Waals surface area contributed by atoms with E-state index in [1.54, 1.807) is 0 Å². The highest BCUT2D eigenvalue weighted by Gasteiger charge is 2.28.